The number of alkyl halides is 3. The first-order chi connectivity index (χ1) is 10.6. The Morgan fingerprint density at radius 1 is 1.26 bits per heavy atom. The van der Waals surface area contributed by atoms with Crippen LogP contribution in [0.3, 0.4) is 0 Å². The van der Waals surface area contributed by atoms with Crippen molar-refractivity contribution in [1.82, 2.24) is 4.31 Å². The van der Waals surface area contributed by atoms with Crippen molar-refractivity contribution in [1.29, 1.82) is 0 Å². The van der Waals surface area contributed by atoms with Crippen LogP contribution in [0.5, 0.6) is 11.5 Å². The van der Waals surface area contributed by atoms with Gasteiger partial charge in [-0.15, -0.1) is 0 Å². The number of sulfonamides is 1. The van der Waals surface area contributed by atoms with Gasteiger partial charge in [-0.3, -0.25) is 4.79 Å². The number of fused-ring (bicyclic) bond motifs is 1. The summed E-state index contributed by atoms with van der Waals surface area (Å²) in [5.41, 5.74) is -5.07. The number of nitrogens with zero attached hydrogens (tertiary/aromatic N) is 1. The summed E-state index contributed by atoms with van der Waals surface area (Å²) in [5.74, 6) is -0.812. The average molecular weight is 355 g/mol. The highest BCUT2D eigenvalue weighted by Gasteiger charge is 2.50. The van der Waals surface area contributed by atoms with E-state index in [0.29, 0.717) is 17.1 Å². The second-order valence-corrected chi connectivity index (χ2v) is 6.55. The lowest BCUT2D eigenvalue weighted by Crippen LogP contribution is -2.44. The van der Waals surface area contributed by atoms with Gasteiger partial charge in [0, 0.05) is 6.54 Å². The second kappa shape index (κ2) is 6.24. The number of carbonyl (C=O) groups is 1. The fourth-order valence-corrected chi connectivity index (χ4v) is 2.84. The van der Waals surface area contributed by atoms with E-state index in [-0.39, 0.29) is 17.5 Å². The standard InChI is InChI=1S/C12H12F3NO6S/c13-12(14,15)23(19,20)16(6-11(17)18)4-3-8-1-2-9-10(5-8)22-7-21-9/h1-2,5H,3-4,6-7H2,(H,17,18). The van der Waals surface area contributed by atoms with Gasteiger partial charge in [-0.05, 0) is 24.1 Å². The van der Waals surface area contributed by atoms with Gasteiger partial charge in [0.2, 0.25) is 6.79 Å². The minimum Gasteiger partial charge on any atom is -0.480 e. The number of carboxylic acids is 1. The third-order valence-electron chi connectivity index (χ3n) is 3.03. The molecule has 7 nitrogen and oxygen atoms in total. The van der Waals surface area contributed by atoms with Crippen molar-refractivity contribution >= 4 is 16.0 Å². The van der Waals surface area contributed by atoms with Crippen molar-refractivity contribution in [2.45, 2.75) is 11.9 Å². The highest BCUT2D eigenvalue weighted by molar-refractivity contribution is 7.90. The average Bonchev–Trinajstić information content (AvgIpc) is 2.89. The molecule has 0 aliphatic carbocycles. The number of halogens is 3. The Labute approximate surface area is 129 Å². The Bertz CT molecular complexity index is 703. The van der Waals surface area contributed by atoms with Crippen molar-refractivity contribution < 1.29 is 41.0 Å². The Kier molecular flexibility index (Phi) is 4.71. The van der Waals surface area contributed by atoms with Gasteiger partial charge in [0.25, 0.3) is 0 Å². The van der Waals surface area contributed by atoms with E-state index in [2.05, 4.69) is 0 Å². The summed E-state index contributed by atoms with van der Waals surface area (Å²) in [6.07, 6.45) is -0.112. The molecule has 128 valence electrons. The van der Waals surface area contributed by atoms with Crippen LogP contribution in [0.1, 0.15) is 5.56 Å². The summed E-state index contributed by atoms with van der Waals surface area (Å²) >= 11 is 0. The van der Waals surface area contributed by atoms with Crippen molar-refractivity contribution in [2.75, 3.05) is 19.9 Å². The topological polar surface area (TPSA) is 93.1 Å². The quantitative estimate of drug-likeness (QED) is 0.824. The number of hydrogen-bond acceptors (Lipinski definition) is 5. The molecule has 0 atom stereocenters. The molecular weight excluding hydrogens is 343 g/mol. The molecule has 1 aromatic carbocycles. The fourth-order valence-electron chi connectivity index (χ4n) is 1.93. The molecular formula is C12H12F3NO6S. The Hall–Kier alpha value is -2.01. The first-order valence-electron chi connectivity index (χ1n) is 6.28. The van der Waals surface area contributed by atoms with E-state index < -0.39 is 34.6 Å². The fraction of sp³-hybridized carbons (Fsp3) is 0.417. The van der Waals surface area contributed by atoms with E-state index >= 15 is 0 Å². The maximum atomic E-state index is 12.6. The van der Waals surface area contributed by atoms with Crippen molar-refractivity contribution in [2.24, 2.45) is 0 Å². The van der Waals surface area contributed by atoms with Crippen molar-refractivity contribution in [3.63, 3.8) is 0 Å². The molecule has 0 bridgehead atoms. The normalized spacial score (nSPS) is 14.3. The molecule has 1 aliphatic rings. The summed E-state index contributed by atoms with van der Waals surface area (Å²) in [7, 11) is -5.72. The van der Waals surface area contributed by atoms with Crippen molar-refractivity contribution in [3.8, 4) is 11.5 Å². The van der Waals surface area contributed by atoms with E-state index in [1.807, 2.05) is 0 Å². The van der Waals surface area contributed by atoms with Crippen LogP contribution < -0.4 is 9.47 Å². The first-order valence-corrected chi connectivity index (χ1v) is 7.72. The molecule has 0 saturated carbocycles. The van der Waals surface area contributed by atoms with E-state index in [1.165, 1.54) is 18.2 Å². The molecule has 0 unspecified atom stereocenters. The monoisotopic (exact) mass is 355 g/mol. The van der Waals surface area contributed by atoms with Crippen LogP contribution in [0.4, 0.5) is 13.2 Å². The van der Waals surface area contributed by atoms with Gasteiger partial charge < -0.3 is 14.6 Å². The summed E-state index contributed by atoms with van der Waals surface area (Å²) in [4.78, 5) is 10.6. The SMILES string of the molecule is O=C(O)CN(CCc1ccc2c(c1)OCO2)S(=O)(=O)C(F)(F)F. The zero-order valence-electron chi connectivity index (χ0n) is 11.5. The molecule has 2 rings (SSSR count). The number of rotatable bonds is 6. The van der Waals surface area contributed by atoms with Gasteiger partial charge in [-0.25, -0.2) is 8.42 Å². The molecule has 1 heterocycles. The van der Waals surface area contributed by atoms with Crippen molar-refractivity contribution in [3.05, 3.63) is 23.8 Å². The Balaban J connectivity index is 2.14. The van der Waals surface area contributed by atoms with Gasteiger partial charge in [0.05, 0.1) is 0 Å². The largest absolute Gasteiger partial charge is 0.511 e. The van der Waals surface area contributed by atoms with Crippen LogP contribution in [0.2, 0.25) is 0 Å². The minimum atomic E-state index is -5.72. The van der Waals surface area contributed by atoms with Crippen LogP contribution in [0.15, 0.2) is 18.2 Å². The molecule has 1 aromatic rings. The lowest BCUT2D eigenvalue weighted by molar-refractivity contribution is -0.137. The molecule has 11 heteroatoms. The van der Waals surface area contributed by atoms with Crippen LogP contribution in [-0.2, 0) is 21.2 Å². The lowest BCUT2D eigenvalue weighted by atomic mass is 10.1. The summed E-state index contributed by atoms with van der Waals surface area (Å²) in [6.45, 7) is -1.88. The van der Waals surface area contributed by atoms with Gasteiger partial charge >= 0.3 is 21.5 Å². The van der Waals surface area contributed by atoms with Gasteiger partial charge in [-0.2, -0.15) is 17.5 Å². The predicted molar refractivity (Wildman–Crippen MR) is 70.5 cm³/mol. The minimum absolute atomic E-state index is 0.0202. The third-order valence-corrected chi connectivity index (χ3v) is 4.61. The number of benzene rings is 1. The van der Waals surface area contributed by atoms with E-state index in [0.717, 1.165) is 0 Å². The summed E-state index contributed by atoms with van der Waals surface area (Å²) < 4.78 is 70.6. The maximum Gasteiger partial charge on any atom is 0.511 e. The molecule has 0 radical (unpaired) electrons. The molecule has 0 amide bonds. The zero-order chi connectivity index (χ0) is 17.3. The molecule has 0 spiro atoms. The molecule has 23 heavy (non-hydrogen) atoms. The number of ether oxygens (including phenoxy) is 2. The molecule has 0 aromatic heterocycles. The van der Waals surface area contributed by atoms with Crippen LogP contribution in [0.25, 0.3) is 0 Å². The van der Waals surface area contributed by atoms with E-state index in [1.54, 1.807) is 0 Å². The van der Waals surface area contributed by atoms with E-state index in [9.17, 15) is 26.4 Å². The van der Waals surface area contributed by atoms with E-state index in [4.69, 9.17) is 14.6 Å². The highest BCUT2D eigenvalue weighted by atomic mass is 32.2. The summed E-state index contributed by atoms with van der Waals surface area (Å²) in [5, 5.41) is 8.63. The van der Waals surface area contributed by atoms with Crippen LogP contribution in [-0.4, -0.2) is 49.2 Å². The number of hydrogen-bond donors (Lipinski definition) is 1. The second-order valence-electron chi connectivity index (χ2n) is 4.62. The van der Waals surface area contributed by atoms with Crippen LogP contribution in [0, 0.1) is 0 Å². The van der Waals surface area contributed by atoms with Gasteiger partial charge in [-0.1, -0.05) is 6.07 Å². The number of aliphatic carboxylic acids is 1. The van der Waals surface area contributed by atoms with Crippen LogP contribution >= 0.6 is 0 Å². The lowest BCUT2D eigenvalue weighted by Gasteiger charge is -2.21. The highest BCUT2D eigenvalue weighted by Crippen LogP contribution is 2.33. The molecule has 1 aliphatic heterocycles. The third kappa shape index (κ3) is 3.85. The Morgan fingerprint density at radius 2 is 1.91 bits per heavy atom. The smallest absolute Gasteiger partial charge is 0.480 e. The zero-order valence-corrected chi connectivity index (χ0v) is 12.4. The summed E-state index contributed by atoms with van der Waals surface area (Å²) in [6, 6.07) is 4.58. The predicted octanol–water partition coefficient (Wildman–Crippen LogP) is 1.19. The Morgan fingerprint density at radius 3 is 2.52 bits per heavy atom. The molecule has 0 saturated heterocycles. The molecule has 1 N–H and O–H groups in total. The molecule has 0 fully saturated rings. The first kappa shape index (κ1) is 17.3. The van der Waals surface area contributed by atoms with Gasteiger partial charge in [0.1, 0.15) is 6.54 Å². The van der Waals surface area contributed by atoms with Gasteiger partial charge in [0.15, 0.2) is 11.5 Å². The maximum absolute atomic E-state index is 12.6. The number of carboxylic acid groups (broad SMARTS) is 1.